The molecular formula is C15H20N2O. The van der Waals surface area contributed by atoms with E-state index < -0.39 is 6.10 Å². The van der Waals surface area contributed by atoms with Crippen molar-refractivity contribution in [1.82, 2.24) is 9.55 Å². The number of nitrogens with zero attached hydrogens (tertiary/aromatic N) is 2. The first kappa shape index (κ1) is 12.8. The van der Waals surface area contributed by atoms with E-state index in [4.69, 9.17) is 0 Å². The first-order valence-electron chi connectivity index (χ1n) is 6.37. The maximum atomic E-state index is 10.3. The number of hydrogen-bond acceptors (Lipinski definition) is 2. The van der Waals surface area contributed by atoms with E-state index in [1.165, 1.54) is 11.1 Å². The minimum Gasteiger partial charge on any atom is -0.388 e. The Labute approximate surface area is 108 Å². The van der Waals surface area contributed by atoms with Gasteiger partial charge in [-0.1, -0.05) is 18.2 Å². The molecule has 0 spiro atoms. The van der Waals surface area contributed by atoms with Crippen molar-refractivity contribution in [2.45, 2.75) is 39.8 Å². The zero-order valence-corrected chi connectivity index (χ0v) is 11.2. The molecule has 18 heavy (non-hydrogen) atoms. The van der Waals surface area contributed by atoms with Crippen molar-refractivity contribution in [2.75, 3.05) is 0 Å². The Morgan fingerprint density at radius 2 is 2.06 bits per heavy atom. The number of aliphatic hydroxyl groups excluding tert-OH is 1. The summed E-state index contributed by atoms with van der Waals surface area (Å²) in [5.74, 6) is 0.934. The third-order valence-corrected chi connectivity index (χ3v) is 3.43. The first-order chi connectivity index (χ1) is 8.61. The van der Waals surface area contributed by atoms with Crippen LogP contribution in [0.3, 0.4) is 0 Å². The highest BCUT2D eigenvalue weighted by molar-refractivity contribution is 5.31. The second kappa shape index (κ2) is 5.36. The van der Waals surface area contributed by atoms with Crippen molar-refractivity contribution in [1.29, 1.82) is 0 Å². The molecule has 1 unspecified atom stereocenters. The molecule has 0 saturated heterocycles. The lowest BCUT2D eigenvalue weighted by molar-refractivity contribution is 0.174. The fraction of sp³-hybridized carbons (Fsp3) is 0.400. The molecule has 0 aliphatic carbocycles. The van der Waals surface area contributed by atoms with Gasteiger partial charge in [0.15, 0.2) is 0 Å². The molecule has 3 heteroatoms. The lowest BCUT2D eigenvalue weighted by Crippen LogP contribution is -2.08. The van der Waals surface area contributed by atoms with Gasteiger partial charge in [0, 0.05) is 25.4 Å². The molecular weight excluding hydrogens is 224 g/mol. The summed E-state index contributed by atoms with van der Waals surface area (Å²) in [6.45, 7) is 7.11. The van der Waals surface area contributed by atoms with E-state index in [1.54, 1.807) is 6.20 Å². The fourth-order valence-electron chi connectivity index (χ4n) is 2.08. The van der Waals surface area contributed by atoms with Crippen molar-refractivity contribution in [3.05, 3.63) is 53.1 Å². The molecule has 0 aliphatic heterocycles. The Kier molecular flexibility index (Phi) is 3.82. The predicted molar refractivity (Wildman–Crippen MR) is 72.5 cm³/mol. The highest BCUT2D eigenvalue weighted by atomic mass is 16.3. The normalized spacial score (nSPS) is 12.7. The molecule has 0 radical (unpaired) electrons. The molecule has 0 saturated carbocycles. The number of benzene rings is 1. The summed E-state index contributed by atoms with van der Waals surface area (Å²) in [4.78, 5) is 4.30. The van der Waals surface area contributed by atoms with Gasteiger partial charge in [-0.15, -0.1) is 0 Å². The summed E-state index contributed by atoms with van der Waals surface area (Å²) >= 11 is 0. The monoisotopic (exact) mass is 244 g/mol. The Morgan fingerprint density at radius 1 is 1.28 bits per heavy atom. The maximum absolute atomic E-state index is 10.3. The van der Waals surface area contributed by atoms with Crippen LogP contribution in [-0.2, 0) is 13.0 Å². The van der Waals surface area contributed by atoms with Gasteiger partial charge in [0.2, 0.25) is 0 Å². The molecule has 0 fully saturated rings. The van der Waals surface area contributed by atoms with E-state index in [1.807, 2.05) is 12.3 Å². The number of aromatic nitrogens is 2. The number of imidazole rings is 1. The number of aryl methyl sites for hydroxylation is 3. The van der Waals surface area contributed by atoms with Gasteiger partial charge >= 0.3 is 0 Å². The van der Waals surface area contributed by atoms with Crippen LogP contribution in [0.2, 0.25) is 0 Å². The van der Waals surface area contributed by atoms with Crippen molar-refractivity contribution < 1.29 is 5.11 Å². The van der Waals surface area contributed by atoms with E-state index in [0.29, 0.717) is 6.42 Å². The molecule has 1 N–H and O–H groups in total. The van der Waals surface area contributed by atoms with E-state index in [2.05, 4.69) is 42.5 Å². The zero-order chi connectivity index (χ0) is 13.1. The van der Waals surface area contributed by atoms with Gasteiger partial charge in [-0.25, -0.2) is 4.98 Å². The summed E-state index contributed by atoms with van der Waals surface area (Å²) in [6.07, 6.45) is 3.80. The molecule has 0 amide bonds. The fourth-order valence-corrected chi connectivity index (χ4v) is 2.08. The minimum absolute atomic E-state index is 0.489. The summed E-state index contributed by atoms with van der Waals surface area (Å²) in [6, 6.07) is 6.10. The van der Waals surface area contributed by atoms with Gasteiger partial charge in [0.25, 0.3) is 0 Å². The van der Waals surface area contributed by atoms with Crippen LogP contribution >= 0.6 is 0 Å². The molecule has 96 valence electrons. The molecule has 3 nitrogen and oxygen atoms in total. The second-order valence-electron chi connectivity index (χ2n) is 4.69. The van der Waals surface area contributed by atoms with Crippen LogP contribution in [0.25, 0.3) is 0 Å². The summed E-state index contributed by atoms with van der Waals surface area (Å²) in [5, 5.41) is 10.3. The van der Waals surface area contributed by atoms with Crippen LogP contribution in [0.1, 0.15) is 35.5 Å². The van der Waals surface area contributed by atoms with Crippen LogP contribution in [0, 0.1) is 13.8 Å². The second-order valence-corrected chi connectivity index (χ2v) is 4.69. The van der Waals surface area contributed by atoms with Crippen LogP contribution in [0.5, 0.6) is 0 Å². The van der Waals surface area contributed by atoms with Gasteiger partial charge < -0.3 is 9.67 Å². The molecule has 1 atom stereocenters. The maximum Gasteiger partial charge on any atom is 0.111 e. The van der Waals surface area contributed by atoms with E-state index in [0.717, 1.165) is 17.9 Å². The summed E-state index contributed by atoms with van der Waals surface area (Å²) in [7, 11) is 0. The predicted octanol–water partition coefficient (Wildman–Crippen LogP) is 2.80. The van der Waals surface area contributed by atoms with Crippen molar-refractivity contribution in [3.8, 4) is 0 Å². The molecule has 1 aromatic heterocycles. The van der Waals surface area contributed by atoms with Crippen molar-refractivity contribution in [3.63, 3.8) is 0 Å². The van der Waals surface area contributed by atoms with Crippen LogP contribution in [0.15, 0.2) is 30.6 Å². The van der Waals surface area contributed by atoms with Gasteiger partial charge in [-0.2, -0.15) is 0 Å². The Bertz CT molecular complexity index is 531. The average molecular weight is 244 g/mol. The third kappa shape index (κ3) is 2.62. The third-order valence-electron chi connectivity index (χ3n) is 3.43. The Morgan fingerprint density at radius 3 is 2.72 bits per heavy atom. The highest BCUT2D eigenvalue weighted by Gasteiger charge is 2.12. The van der Waals surface area contributed by atoms with Gasteiger partial charge in [-0.05, 0) is 37.5 Å². The van der Waals surface area contributed by atoms with Gasteiger partial charge in [-0.3, -0.25) is 0 Å². The largest absolute Gasteiger partial charge is 0.388 e. The highest BCUT2D eigenvalue weighted by Crippen LogP contribution is 2.20. The molecule has 0 bridgehead atoms. The van der Waals surface area contributed by atoms with Crippen molar-refractivity contribution in [2.24, 2.45) is 0 Å². The number of aliphatic hydroxyl groups is 1. The smallest absolute Gasteiger partial charge is 0.111 e. The topological polar surface area (TPSA) is 38.0 Å². The molecule has 2 aromatic rings. The van der Waals surface area contributed by atoms with E-state index >= 15 is 0 Å². The summed E-state index contributed by atoms with van der Waals surface area (Å²) < 4.78 is 2.06. The first-order valence-corrected chi connectivity index (χ1v) is 6.37. The Balaban J connectivity index is 2.16. The lowest BCUT2D eigenvalue weighted by atomic mass is 10.0. The van der Waals surface area contributed by atoms with Gasteiger partial charge in [0.1, 0.15) is 5.82 Å². The molecule has 1 heterocycles. The van der Waals surface area contributed by atoms with Gasteiger partial charge in [0.05, 0.1) is 6.10 Å². The number of rotatable bonds is 4. The quantitative estimate of drug-likeness (QED) is 0.898. The standard InChI is InChI=1S/C15H20N2O/c1-4-17-8-7-16-15(17)10-14(18)13-6-5-11(2)12(3)9-13/h5-9,14,18H,4,10H2,1-3H3. The lowest BCUT2D eigenvalue weighted by Gasteiger charge is -2.13. The average Bonchev–Trinajstić information content (AvgIpc) is 2.79. The van der Waals surface area contributed by atoms with E-state index in [9.17, 15) is 5.11 Å². The number of hydrogen-bond donors (Lipinski definition) is 1. The van der Waals surface area contributed by atoms with Crippen LogP contribution in [-0.4, -0.2) is 14.7 Å². The molecule has 1 aromatic carbocycles. The zero-order valence-electron chi connectivity index (χ0n) is 11.2. The van der Waals surface area contributed by atoms with Crippen molar-refractivity contribution >= 4 is 0 Å². The SMILES string of the molecule is CCn1ccnc1CC(O)c1ccc(C)c(C)c1. The molecule has 2 rings (SSSR count). The van der Waals surface area contributed by atoms with E-state index in [-0.39, 0.29) is 0 Å². The molecule has 0 aliphatic rings. The summed E-state index contributed by atoms with van der Waals surface area (Å²) in [5.41, 5.74) is 3.43. The minimum atomic E-state index is -0.489. The van der Waals surface area contributed by atoms with Crippen LogP contribution < -0.4 is 0 Å². The Hall–Kier alpha value is -1.61. The van der Waals surface area contributed by atoms with Crippen LogP contribution in [0.4, 0.5) is 0 Å².